The van der Waals surface area contributed by atoms with Crippen LogP contribution in [0.15, 0.2) is 54.6 Å². The minimum Gasteiger partial charge on any atom is -0.483 e. The summed E-state index contributed by atoms with van der Waals surface area (Å²) in [6, 6.07) is 17.5. The number of ether oxygens (including phenoxy) is 1. The Hall–Kier alpha value is -2.73. The number of carbonyl (C=O) groups excluding carboxylic acids is 1. The number of nitrogens with one attached hydrogen (secondary N) is 1. The molecule has 1 N–H and O–H groups in total. The van der Waals surface area contributed by atoms with E-state index in [1.807, 2.05) is 54.6 Å². The molecule has 1 aromatic heterocycles. The average molecular weight is 367 g/mol. The molecule has 0 radical (unpaired) electrons. The van der Waals surface area contributed by atoms with E-state index >= 15 is 0 Å². The highest BCUT2D eigenvalue weighted by Crippen LogP contribution is 2.31. The minimum atomic E-state index is -0.260. The predicted molar refractivity (Wildman–Crippen MR) is 105 cm³/mol. The third-order valence-electron chi connectivity index (χ3n) is 3.75. The smallest absolute Gasteiger partial charge is 0.264 e. The normalized spacial score (nSPS) is 11.2. The Morgan fingerprint density at radius 1 is 1.04 bits per heavy atom. The molecule has 0 spiro atoms. The standard InChI is InChI=1S/C20H21N3O2S/c1-20(2,3)15-11-7-8-12-16(15)25-13-17(24)21-19-23-22-18(26-19)14-9-5-4-6-10-14/h4-12H,13H2,1-3H3,(H,21,23,24). The number of hydrogen-bond donors (Lipinski definition) is 1. The van der Waals surface area contributed by atoms with Gasteiger partial charge in [-0.05, 0) is 17.0 Å². The zero-order valence-electron chi connectivity index (χ0n) is 15.0. The summed E-state index contributed by atoms with van der Waals surface area (Å²) in [5.41, 5.74) is 1.98. The zero-order valence-corrected chi connectivity index (χ0v) is 15.8. The second kappa shape index (κ2) is 7.66. The fraction of sp³-hybridized carbons (Fsp3) is 0.250. The van der Waals surface area contributed by atoms with Gasteiger partial charge in [-0.25, -0.2) is 0 Å². The average Bonchev–Trinajstić information content (AvgIpc) is 3.09. The molecular formula is C20H21N3O2S. The molecular weight excluding hydrogens is 346 g/mol. The van der Waals surface area contributed by atoms with Crippen molar-refractivity contribution in [3.8, 4) is 16.3 Å². The van der Waals surface area contributed by atoms with E-state index < -0.39 is 0 Å². The topological polar surface area (TPSA) is 64.1 Å². The summed E-state index contributed by atoms with van der Waals surface area (Å²) >= 11 is 1.33. The van der Waals surface area contributed by atoms with Gasteiger partial charge in [-0.3, -0.25) is 10.1 Å². The molecule has 0 aliphatic carbocycles. The van der Waals surface area contributed by atoms with Crippen molar-refractivity contribution in [1.29, 1.82) is 0 Å². The fourth-order valence-corrected chi connectivity index (χ4v) is 3.25. The maximum absolute atomic E-state index is 12.2. The first-order valence-corrected chi connectivity index (χ1v) is 9.16. The van der Waals surface area contributed by atoms with E-state index in [0.29, 0.717) is 5.13 Å². The summed E-state index contributed by atoms with van der Waals surface area (Å²) in [7, 11) is 0. The number of anilines is 1. The van der Waals surface area contributed by atoms with Gasteiger partial charge in [0.15, 0.2) is 6.61 Å². The van der Waals surface area contributed by atoms with Crippen molar-refractivity contribution in [3.63, 3.8) is 0 Å². The Bertz CT molecular complexity index is 885. The van der Waals surface area contributed by atoms with Crippen LogP contribution in [0.5, 0.6) is 5.75 Å². The second-order valence-electron chi connectivity index (χ2n) is 6.86. The van der Waals surface area contributed by atoms with Crippen molar-refractivity contribution in [2.45, 2.75) is 26.2 Å². The SMILES string of the molecule is CC(C)(C)c1ccccc1OCC(=O)Nc1nnc(-c2ccccc2)s1. The van der Waals surface area contributed by atoms with Crippen LogP contribution in [0.2, 0.25) is 0 Å². The lowest BCUT2D eigenvalue weighted by Gasteiger charge is -2.22. The number of para-hydroxylation sites is 1. The molecule has 3 aromatic rings. The Morgan fingerprint density at radius 2 is 1.73 bits per heavy atom. The molecule has 0 aliphatic rings. The van der Waals surface area contributed by atoms with Gasteiger partial charge in [0, 0.05) is 5.56 Å². The highest BCUT2D eigenvalue weighted by molar-refractivity contribution is 7.18. The van der Waals surface area contributed by atoms with Gasteiger partial charge in [0.25, 0.3) is 5.91 Å². The molecule has 26 heavy (non-hydrogen) atoms. The third-order valence-corrected chi connectivity index (χ3v) is 4.63. The van der Waals surface area contributed by atoms with Gasteiger partial charge in [0.1, 0.15) is 10.8 Å². The lowest BCUT2D eigenvalue weighted by atomic mass is 9.86. The summed E-state index contributed by atoms with van der Waals surface area (Å²) in [5, 5.41) is 12.1. The molecule has 0 saturated heterocycles. The van der Waals surface area contributed by atoms with Crippen molar-refractivity contribution < 1.29 is 9.53 Å². The Balaban J connectivity index is 1.62. The molecule has 0 aliphatic heterocycles. The lowest BCUT2D eigenvalue weighted by molar-refractivity contribution is -0.118. The lowest BCUT2D eigenvalue weighted by Crippen LogP contribution is -2.21. The van der Waals surface area contributed by atoms with E-state index in [9.17, 15) is 4.79 Å². The van der Waals surface area contributed by atoms with E-state index in [4.69, 9.17) is 4.74 Å². The van der Waals surface area contributed by atoms with Gasteiger partial charge < -0.3 is 4.74 Å². The molecule has 134 valence electrons. The van der Waals surface area contributed by atoms with Crippen LogP contribution >= 0.6 is 11.3 Å². The molecule has 2 aromatic carbocycles. The molecule has 0 atom stereocenters. The quantitative estimate of drug-likeness (QED) is 0.720. The van der Waals surface area contributed by atoms with Crippen LogP contribution in [0.4, 0.5) is 5.13 Å². The number of benzene rings is 2. The highest BCUT2D eigenvalue weighted by Gasteiger charge is 2.19. The largest absolute Gasteiger partial charge is 0.483 e. The van der Waals surface area contributed by atoms with Crippen LogP contribution in [0.25, 0.3) is 10.6 Å². The van der Waals surface area contributed by atoms with Gasteiger partial charge in [-0.1, -0.05) is 80.6 Å². The van der Waals surface area contributed by atoms with Gasteiger partial charge in [-0.15, -0.1) is 10.2 Å². The number of carbonyl (C=O) groups is 1. The maximum atomic E-state index is 12.2. The van der Waals surface area contributed by atoms with Crippen LogP contribution in [0.1, 0.15) is 26.3 Å². The highest BCUT2D eigenvalue weighted by atomic mass is 32.1. The summed E-state index contributed by atoms with van der Waals surface area (Å²) in [5.74, 6) is 0.460. The van der Waals surface area contributed by atoms with Gasteiger partial charge >= 0.3 is 0 Å². The fourth-order valence-electron chi connectivity index (χ4n) is 2.48. The van der Waals surface area contributed by atoms with Crippen LogP contribution in [-0.4, -0.2) is 22.7 Å². The van der Waals surface area contributed by atoms with E-state index in [0.717, 1.165) is 21.9 Å². The summed E-state index contributed by atoms with van der Waals surface area (Å²) < 4.78 is 5.73. The summed E-state index contributed by atoms with van der Waals surface area (Å²) in [4.78, 5) is 12.2. The van der Waals surface area contributed by atoms with Crippen molar-refractivity contribution in [2.24, 2.45) is 0 Å². The van der Waals surface area contributed by atoms with Crippen LogP contribution < -0.4 is 10.1 Å². The first kappa shape index (κ1) is 18.1. The number of aromatic nitrogens is 2. The first-order chi connectivity index (χ1) is 12.4. The Morgan fingerprint density at radius 3 is 2.46 bits per heavy atom. The van der Waals surface area contributed by atoms with Gasteiger partial charge in [0.05, 0.1) is 0 Å². The number of rotatable bonds is 5. The van der Waals surface area contributed by atoms with E-state index in [2.05, 4.69) is 36.3 Å². The summed E-state index contributed by atoms with van der Waals surface area (Å²) in [6.07, 6.45) is 0. The molecule has 5 nitrogen and oxygen atoms in total. The van der Waals surface area contributed by atoms with Crippen molar-refractivity contribution in [2.75, 3.05) is 11.9 Å². The molecule has 0 saturated carbocycles. The number of amides is 1. The van der Waals surface area contributed by atoms with Crippen LogP contribution in [0.3, 0.4) is 0 Å². The van der Waals surface area contributed by atoms with Gasteiger partial charge in [-0.2, -0.15) is 0 Å². The number of nitrogens with zero attached hydrogens (tertiary/aromatic N) is 2. The molecule has 1 amide bonds. The van der Waals surface area contributed by atoms with Crippen molar-refractivity contribution in [3.05, 3.63) is 60.2 Å². The predicted octanol–water partition coefficient (Wildman–Crippen LogP) is 4.52. The van der Waals surface area contributed by atoms with Gasteiger partial charge in [0.2, 0.25) is 5.13 Å². The Kier molecular flexibility index (Phi) is 5.32. The minimum absolute atomic E-state index is 0.0586. The summed E-state index contributed by atoms with van der Waals surface area (Å²) in [6.45, 7) is 6.26. The second-order valence-corrected chi connectivity index (χ2v) is 7.84. The van der Waals surface area contributed by atoms with Crippen LogP contribution in [0, 0.1) is 0 Å². The zero-order chi connectivity index (χ0) is 18.6. The van der Waals surface area contributed by atoms with Crippen molar-refractivity contribution in [1.82, 2.24) is 10.2 Å². The van der Waals surface area contributed by atoms with E-state index in [-0.39, 0.29) is 17.9 Å². The molecule has 1 heterocycles. The van der Waals surface area contributed by atoms with E-state index in [1.165, 1.54) is 11.3 Å². The van der Waals surface area contributed by atoms with E-state index in [1.54, 1.807) is 0 Å². The molecule has 6 heteroatoms. The van der Waals surface area contributed by atoms with Crippen molar-refractivity contribution >= 4 is 22.4 Å². The molecule has 0 fully saturated rings. The number of hydrogen-bond acceptors (Lipinski definition) is 5. The molecule has 0 unspecified atom stereocenters. The molecule has 0 bridgehead atoms. The molecule has 3 rings (SSSR count). The maximum Gasteiger partial charge on any atom is 0.264 e. The monoisotopic (exact) mass is 367 g/mol. The first-order valence-electron chi connectivity index (χ1n) is 8.34. The third kappa shape index (κ3) is 4.46. The van der Waals surface area contributed by atoms with Crippen LogP contribution in [-0.2, 0) is 10.2 Å². The Labute approximate surface area is 157 Å².